The number of hydrogen-bond acceptors (Lipinski definition) is 0. The fourth-order valence-corrected chi connectivity index (χ4v) is 8.61. The molecule has 0 atom stereocenters. The molecule has 0 saturated carbocycles. The third-order valence-corrected chi connectivity index (χ3v) is 10.7. The molecule has 35 heavy (non-hydrogen) atoms. The van der Waals surface area contributed by atoms with Crippen molar-refractivity contribution in [3.63, 3.8) is 0 Å². The fraction of sp³-hybridized carbons (Fsp3) is 0.500. The maximum atomic E-state index is 4.97. The molecule has 3 rings (SSSR count). The van der Waals surface area contributed by atoms with Crippen LogP contribution in [0.15, 0.2) is 48.5 Å². The van der Waals surface area contributed by atoms with Crippen molar-refractivity contribution in [2.45, 2.75) is 98.1 Å². The molecule has 0 fully saturated rings. The van der Waals surface area contributed by atoms with Crippen LogP contribution in [-0.2, 0) is 27.5 Å². The topological polar surface area (TPSA) is 0 Å². The minimum absolute atomic E-state index is 1.24. The summed E-state index contributed by atoms with van der Waals surface area (Å²) in [4.78, 5) is 0. The summed E-state index contributed by atoms with van der Waals surface area (Å²) in [6.07, 6.45) is 13.2. The Morgan fingerprint density at radius 2 is 1.26 bits per heavy atom. The molecular weight excluding hydrogens is 543 g/mol. The van der Waals surface area contributed by atoms with E-state index in [4.69, 9.17) is 27.9 Å². The fourth-order valence-electron chi connectivity index (χ4n) is 5.27. The van der Waals surface area contributed by atoms with Crippen LogP contribution in [0, 0.1) is 6.92 Å². The molecular formula is C30H43Cl3SiTi. The molecule has 3 aromatic carbocycles. The third kappa shape index (κ3) is 9.92. The van der Waals surface area contributed by atoms with E-state index in [1.165, 1.54) is 80.5 Å². The van der Waals surface area contributed by atoms with Crippen LogP contribution in [0.25, 0.3) is 10.8 Å². The molecule has 0 aliphatic heterocycles. The van der Waals surface area contributed by atoms with E-state index in [0.29, 0.717) is 0 Å². The summed E-state index contributed by atoms with van der Waals surface area (Å²) in [5, 5.41) is 6.16. The first kappa shape index (κ1) is 31.1. The Bertz CT molecular complexity index is 993. The number of halogens is 3. The Morgan fingerprint density at radius 3 is 1.77 bits per heavy atom. The summed E-state index contributed by atoms with van der Waals surface area (Å²) in [5.74, 6) is 0. The summed E-state index contributed by atoms with van der Waals surface area (Å²) in [7, 11) is 13.1. The van der Waals surface area contributed by atoms with Gasteiger partial charge in [0.1, 0.15) is 0 Å². The van der Waals surface area contributed by atoms with Crippen LogP contribution in [-0.4, -0.2) is 8.07 Å². The molecule has 0 unspecified atom stereocenters. The van der Waals surface area contributed by atoms with E-state index in [1.54, 1.807) is 21.5 Å². The van der Waals surface area contributed by atoms with Gasteiger partial charge in [-0.3, -0.25) is 0 Å². The molecule has 0 radical (unpaired) electrons. The Morgan fingerprint density at radius 1 is 0.743 bits per heavy atom. The summed E-state index contributed by atoms with van der Waals surface area (Å²) >= 11 is -1.92. The van der Waals surface area contributed by atoms with Crippen LogP contribution < -0.4 is 10.4 Å². The zero-order chi connectivity index (χ0) is 25.8. The maximum absolute atomic E-state index is 4.97. The summed E-state index contributed by atoms with van der Waals surface area (Å²) in [6.45, 7) is 12.1. The van der Waals surface area contributed by atoms with E-state index >= 15 is 0 Å². The predicted molar refractivity (Wildman–Crippen MR) is 161 cm³/mol. The van der Waals surface area contributed by atoms with Gasteiger partial charge in [-0.2, -0.15) is 6.07 Å². The molecule has 192 valence electrons. The van der Waals surface area contributed by atoms with Gasteiger partial charge in [0.05, 0.1) is 8.07 Å². The molecule has 0 heterocycles. The number of unbranched alkanes of at least 4 members (excludes halogenated alkanes) is 6. The average molecular weight is 586 g/mol. The third-order valence-electron chi connectivity index (χ3n) is 7.03. The van der Waals surface area contributed by atoms with E-state index in [1.807, 2.05) is 0 Å². The molecule has 0 bridgehead atoms. The first-order valence-electron chi connectivity index (χ1n) is 13.3. The second-order valence-electron chi connectivity index (χ2n) is 10.3. The van der Waals surface area contributed by atoms with Gasteiger partial charge < -0.3 is 0 Å². The molecule has 5 heteroatoms. The molecule has 0 aliphatic carbocycles. The van der Waals surface area contributed by atoms with Gasteiger partial charge in [-0.1, -0.05) is 102 Å². The van der Waals surface area contributed by atoms with Crippen molar-refractivity contribution in [2.24, 2.45) is 0 Å². The Kier molecular flexibility index (Phi) is 14.2. The minimum atomic E-state index is -1.92. The number of aryl methyl sites for hydroxylation is 3. The van der Waals surface area contributed by atoms with E-state index in [2.05, 4.69) is 82.4 Å². The summed E-state index contributed by atoms with van der Waals surface area (Å²) in [5.41, 5.74) is 4.64. The molecule has 0 aliphatic rings. The van der Waals surface area contributed by atoms with Gasteiger partial charge in [0.2, 0.25) is 0 Å². The van der Waals surface area contributed by atoms with Crippen LogP contribution in [0.3, 0.4) is 0 Å². The average Bonchev–Trinajstić information content (AvgIpc) is 3.15. The van der Waals surface area contributed by atoms with E-state index in [-0.39, 0.29) is 0 Å². The van der Waals surface area contributed by atoms with Crippen LogP contribution in [0.5, 0.6) is 0 Å². The van der Waals surface area contributed by atoms with Gasteiger partial charge in [-0.05, 0) is 36.8 Å². The Labute approximate surface area is 233 Å². The standard InChI is InChI=1S/C30H43Si.3ClH.Ti/c1-6-8-10-12-16-25-21-26(17-13-11-9-7-2)23-28(22-25)31(4,5)30-24(3)20-27-18-14-15-19-29(27)30;;;;/h14-15,18-23H,6-13,16-17H2,1-5H3;3*1H;/q-1;;;;+4/p-3. The molecule has 0 saturated heterocycles. The Balaban J connectivity index is 0.00000100. The van der Waals surface area contributed by atoms with Gasteiger partial charge >= 0.3 is 42.6 Å². The zero-order valence-corrected chi connectivity index (χ0v) is 27.2. The molecule has 0 N–H and O–H groups in total. The first-order valence-corrected chi connectivity index (χ1v) is 22.8. The molecule has 3 aromatic rings. The summed E-state index contributed by atoms with van der Waals surface area (Å²) < 4.78 is 0. The number of hydrogen-bond donors (Lipinski definition) is 0. The first-order chi connectivity index (χ1) is 16.7. The van der Waals surface area contributed by atoms with Gasteiger partial charge in [0.25, 0.3) is 0 Å². The van der Waals surface area contributed by atoms with Crippen molar-refractivity contribution >= 4 is 57.1 Å². The van der Waals surface area contributed by atoms with Crippen LogP contribution in [0.2, 0.25) is 13.1 Å². The quantitative estimate of drug-likeness (QED) is 0.113. The van der Waals surface area contributed by atoms with Gasteiger partial charge in [0, 0.05) is 0 Å². The van der Waals surface area contributed by atoms with Crippen LogP contribution in [0.1, 0.15) is 81.9 Å². The van der Waals surface area contributed by atoms with Gasteiger partial charge in [-0.15, -0.1) is 39.7 Å². The monoisotopic (exact) mass is 584 g/mol. The van der Waals surface area contributed by atoms with Crippen molar-refractivity contribution in [3.05, 3.63) is 65.2 Å². The molecule has 0 amide bonds. The zero-order valence-electron chi connectivity index (χ0n) is 22.3. The SMILES string of the molecule is CCCCCCc1cc(CCCCCC)cc([Si](C)(C)[c-]2c(C)cc3ccccc32)c1.[Cl][Ti+]([Cl])[Cl]. The normalized spacial score (nSPS) is 11.4. The molecule has 0 spiro atoms. The molecule has 0 aromatic heterocycles. The summed E-state index contributed by atoms with van der Waals surface area (Å²) in [6, 6.07) is 19.1. The second kappa shape index (κ2) is 16.0. The number of rotatable bonds is 12. The number of fused-ring (bicyclic) bond motifs is 1. The second-order valence-corrected chi connectivity index (χ2v) is 22.4. The van der Waals surface area contributed by atoms with E-state index in [0.717, 1.165) is 0 Å². The van der Waals surface area contributed by atoms with Gasteiger partial charge in [0.15, 0.2) is 0 Å². The van der Waals surface area contributed by atoms with Crippen molar-refractivity contribution in [1.29, 1.82) is 0 Å². The van der Waals surface area contributed by atoms with Crippen molar-refractivity contribution in [2.75, 3.05) is 0 Å². The van der Waals surface area contributed by atoms with Crippen molar-refractivity contribution in [1.82, 2.24) is 0 Å². The van der Waals surface area contributed by atoms with Gasteiger partial charge in [-0.25, -0.2) is 0 Å². The van der Waals surface area contributed by atoms with Crippen molar-refractivity contribution < 1.29 is 14.7 Å². The predicted octanol–water partition coefficient (Wildman–Crippen LogP) is 10.0. The van der Waals surface area contributed by atoms with Crippen LogP contribution in [0.4, 0.5) is 0 Å². The number of benzene rings is 2. The van der Waals surface area contributed by atoms with Crippen LogP contribution >= 0.6 is 27.9 Å². The van der Waals surface area contributed by atoms with E-state index in [9.17, 15) is 0 Å². The van der Waals surface area contributed by atoms with E-state index < -0.39 is 22.8 Å². The Hall–Kier alpha value is -0.149. The molecule has 0 nitrogen and oxygen atoms in total. The van der Waals surface area contributed by atoms with Crippen molar-refractivity contribution in [3.8, 4) is 0 Å².